The van der Waals surface area contributed by atoms with Gasteiger partial charge in [-0.2, -0.15) is 0 Å². The lowest BCUT2D eigenvalue weighted by atomic mass is 10.1. The van der Waals surface area contributed by atoms with Gasteiger partial charge in [0.1, 0.15) is 17.3 Å². The fourth-order valence-electron chi connectivity index (χ4n) is 3.05. The van der Waals surface area contributed by atoms with Gasteiger partial charge in [-0.15, -0.1) is 11.8 Å². The summed E-state index contributed by atoms with van der Waals surface area (Å²) >= 11 is 8.56. The lowest BCUT2D eigenvalue weighted by molar-refractivity contribution is -0.0187. The molecule has 2 unspecified atom stereocenters. The van der Waals surface area contributed by atoms with Gasteiger partial charge in [0.15, 0.2) is 0 Å². The third-order valence-electron chi connectivity index (χ3n) is 4.32. The summed E-state index contributed by atoms with van der Waals surface area (Å²) in [7, 11) is 1.56. The minimum absolute atomic E-state index is 0.114. The molecular formula is C16H17N3O3S3. The third-order valence-corrected chi connectivity index (χ3v) is 7.27. The number of aliphatic hydroxyl groups is 2. The van der Waals surface area contributed by atoms with E-state index in [0.29, 0.717) is 4.77 Å². The monoisotopic (exact) mass is 395 g/mol. The topological polar surface area (TPSA) is 79.5 Å². The van der Waals surface area contributed by atoms with Crippen LogP contribution in [0.25, 0.3) is 0 Å². The molecule has 4 atom stereocenters. The summed E-state index contributed by atoms with van der Waals surface area (Å²) in [5.74, 6) is 0.737. The van der Waals surface area contributed by atoms with Crippen molar-refractivity contribution in [3.05, 3.63) is 35.2 Å². The van der Waals surface area contributed by atoms with Crippen LogP contribution in [0.15, 0.2) is 40.3 Å². The van der Waals surface area contributed by atoms with Crippen molar-refractivity contribution in [1.82, 2.24) is 9.55 Å². The van der Waals surface area contributed by atoms with Gasteiger partial charge in [-0.3, -0.25) is 0 Å². The number of nitrogens with one attached hydrogen (secondary N) is 1. The molecular weight excluding hydrogens is 378 g/mol. The van der Waals surface area contributed by atoms with Crippen LogP contribution >= 0.6 is 35.7 Å². The maximum absolute atomic E-state index is 10.3. The first-order valence-corrected chi connectivity index (χ1v) is 9.93. The number of benzene rings is 1. The highest BCUT2D eigenvalue weighted by Crippen LogP contribution is 2.46. The van der Waals surface area contributed by atoms with Crippen molar-refractivity contribution in [2.75, 3.05) is 19.0 Å². The van der Waals surface area contributed by atoms with Crippen LogP contribution < -0.4 is 5.32 Å². The fraction of sp³-hybridized carbons (Fsp3) is 0.375. The average Bonchev–Trinajstić information content (AvgIpc) is 2.95. The number of rotatable bonds is 3. The van der Waals surface area contributed by atoms with Gasteiger partial charge in [-0.1, -0.05) is 23.9 Å². The number of nitrogens with zero attached hydrogens (tertiary/aromatic N) is 2. The molecule has 1 saturated heterocycles. The summed E-state index contributed by atoms with van der Waals surface area (Å²) < 4.78 is 7.75. The minimum atomic E-state index is -0.755. The number of ether oxygens (including phenoxy) is 1. The first-order valence-electron chi connectivity index (χ1n) is 7.76. The smallest absolute Gasteiger partial charge is 0.202 e. The van der Waals surface area contributed by atoms with E-state index in [1.165, 1.54) is 11.8 Å². The molecule has 4 rings (SSSR count). The molecule has 25 heavy (non-hydrogen) atoms. The summed E-state index contributed by atoms with van der Waals surface area (Å²) in [4.78, 5) is 6.62. The van der Waals surface area contributed by atoms with Gasteiger partial charge in [0.05, 0.1) is 28.5 Å². The Balaban J connectivity index is 1.72. The molecule has 0 radical (unpaired) electrons. The number of aromatic nitrogens is 2. The summed E-state index contributed by atoms with van der Waals surface area (Å²) in [6.07, 6.45) is 0.742. The van der Waals surface area contributed by atoms with E-state index in [1.807, 2.05) is 29.0 Å². The Bertz CT molecular complexity index is 860. The lowest BCUT2D eigenvalue weighted by Crippen LogP contribution is -2.34. The summed E-state index contributed by atoms with van der Waals surface area (Å²) in [6, 6.07) is 8.03. The molecule has 3 heterocycles. The highest BCUT2D eigenvalue weighted by atomic mass is 32.2. The van der Waals surface area contributed by atoms with Crippen LogP contribution in [0.3, 0.4) is 0 Å². The third kappa shape index (κ3) is 2.98. The van der Waals surface area contributed by atoms with Crippen LogP contribution in [0, 0.1) is 4.77 Å². The van der Waals surface area contributed by atoms with Gasteiger partial charge < -0.3 is 24.8 Å². The Morgan fingerprint density at radius 1 is 1.36 bits per heavy atom. The number of hydrogen-bond donors (Lipinski definition) is 3. The molecule has 2 aliphatic rings. The molecule has 3 N–H and O–H groups in total. The molecule has 1 fully saturated rings. The van der Waals surface area contributed by atoms with Gasteiger partial charge in [0.2, 0.25) is 4.77 Å². The first-order chi connectivity index (χ1) is 12.1. The van der Waals surface area contributed by atoms with E-state index >= 15 is 0 Å². The van der Waals surface area contributed by atoms with Crippen LogP contribution in [0.2, 0.25) is 0 Å². The van der Waals surface area contributed by atoms with Gasteiger partial charge in [-0.05, 0) is 24.4 Å². The largest absolute Gasteiger partial charge is 0.395 e. The normalized spacial score (nSPS) is 27.5. The zero-order chi connectivity index (χ0) is 17.6. The molecule has 6 nitrogen and oxygen atoms in total. The Labute approximate surface area is 158 Å². The highest BCUT2D eigenvalue weighted by molar-refractivity contribution is 8.00. The second-order valence-electron chi connectivity index (χ2n) is 5.81. The number of para-hydroxylation sites is 1. The highest BCUT2D eigenvalue weighted by Gasteiger charge is 2.44. The zero-order valence-electron chi connectivity index (χ0n) is 13.3. The number of anilines is 2. The Kier molecular flexibility index (Phi) is 4.78. The maximum Gasteiger partial charge on any atom is 0.202 e. The van der Waals surface area contributed by atoms with Crippen molar-refractivity contribution in [3.8, 4) is 0 Å². The predicted molar refractivity (Wildman–Crippen MR) is 101 cm³/mol. The van der Waals surface area contributed by atoms with Crippen LogP contribution in [0.4, 0.5) is 11.5 Å². The number of aliphatic hydroxyl groups excluding tert-OH is 2. The lowest BCUT2D eigenvalue weighted by Gasteiger charge is -2.25. The van der Waals surface area contributed by atoms with E-state index in [-0.39, 0.29) is 17.2 Å². The summed E-state index contributed by atoms with van der Waals surface area (Å²) in [6.45, 7) is -0.114. The van der Waals surface area contributed by atoms with Gasteiger partial charge in [-0.25, -0.2) is 4.98 Å². The molecule has 0 bridgehead atoms. The molecule has 9 heteroatoms. The summed E-state index contributed by atoms with van der Waals surface area (Å²) in [5.41, 5.74) is 1.01. The van der Waals surface area contributed by atoms with Crippen molar-refractivity contribution < 1.29 is 14.9 Å². The first kappa shape index (κ1) is 17.3. The van der Waals surface area contributed by atoms with Crippen molar-refractivity contribution in [1.29, 1.82) is 0 Å². The van der Waals surface area contributed by atoms with Crippen molar-refractivity contribution in [2.24, 2.45) is 0 Å². The van der Waals surface area contributed by atoms with Crippen molar-refractivity contribution in [2.45, 2.75) is 32.6 Å². The van der Waals surface area contributed by atoms with Gasteiger partial charge >= 0.3 is 0 Å². The second-order valence-corrected chi connectivity index (χ2v) is 8.61. The standard InChI is InChI=1S/C16H17N3O3S3/c1-22-13-12(21)11(7-20)25-15(13)19-6-10-14(18-16(19)23)17-8-4-2-3-5-9(8)24-10/h2-6,11-13,15,20-21H,7H2,1H3,(H,17,18,23)/t11-,12?,13?,15-/m1/s1. The predicted octanol–water partition coefficient (Wildman–Crippen LogP) is 2.80. The number of methoxy groups -OCH3 is 1. The zero-order valence-corrected chi connectivity index (χ0v) is 15.8. The molecule has 0 saturated carbocycles. The van der Waals surface area contributed by atoms with Crippen LogP contribution in [0.5, 0.6) is 0 Å². The van der Waals surface area contributed by atoms with Gasteiger partial charge in [0.25, 0.3) is 0 Å². The average molecular weight is 396 g/mol. The molecule has 0 spiro atoms. The van der Waals surface area contributed by atoms with E-state index in [1.54, 1.807) is 18.9 Å². The van der Waals surface area contributed by atoms with Crippen molar-refractivity contribution in [3.63, 3.8) is 0 Å². The number of thioether (sulfide) groups is 1. The van der Waals surface area contributed by atoms with Crippen LogP contribution in [-0.4, -0.2) is 50.9 Å². The number of hydrogen-bond acceptors (Lipinski definition) is 8. The quantitative estimate of drug-likeness (QED) is 0.584. The number of fused-ring (bicyclic) bond motifs is 2. The fourth-order valence-corrected chi connectivity index (χ4v) is 5.83. The molecule has 0 aliphatic carbocycles. The van der Waals surface area contributed by atoms with Crippen LogP contribution in [0.1, 0.15) is 5.37 Å². The van der Waals surface area contributed by atoms with E-state index in [0.717, 1.165) is 21.3 Å². The van der Waals surface area contributed by atoms with E-state index in [9.17, 15) is 10.2 Å². The second kappa shape index (κ2) is 6.90. The van der Waals surface area contributed by atoms with Crippen molar-refractivity contribution >= 4 is 47.2 Å². The molecule has 0 amide bonds. The minimum Gasteiger partial charge on any atom is -0.395 e. The Morgan fingerprint density at radius 3 is 2.92 bits per heavy atom. The molecule has 2 aromatic rings. The molecule has 132 valence electrons. The Morgan fingerprint density at radius 2 is 2.16 bits per heavy atom. The molecule has 1 aromatic carbocycles. The molecule has 1 aromatic heterocycles. The SMILES string of the molecule is COC1C(O)[C@@H](CO)S[C@H]1n1cc2c(nc1=S)Nc1ccccc1S2. The summed E-state index contributed by atoms with van der Waals surface area (Å²) in [5, 5.41) is 22.6. The molecule has 2 aliphatic heterocycles. The van der Waals surface area contributed by atoms with E-state index in [4.69, 9.17) is 17.0 Å². The van der Waals surface area contributed by atoms with E-state index in [2.05, 4.69) is 16.4 Å². The van der Waals surface area contributed by atoms with Gasteiger partial charge in [0, 0.05) is 18.2 Å². The van der Waals surface area contributed by atoms with E-state index < -0.39 is 12.2 Å². The van der Waals surface area contributed by atoms with Crippen LogP contribution in [-0.2, 0) is 4.74 Å². The Hall–Kier alpha value is -1.10. The maximum atomic E-state index is 10.3.